The van der Waals surface area contributed by atoms with Gasteiger partial charge >= 0.3 is 0 Å². The van der Waals surface area contributed by atoms with E-state index < -0.39 is 9.84 Å². The lowest BCUT2D eigenvalue weighted by atomic mass is 10.0. The van der Waals surface area contributed by atoms with Gasteiger partial charge in [-0.25, -0.2) is 8.42 Å². The summed E-state index contributed by atoms with van der Waals surface area (Å²) in [5.41, 5.74) is 2.51. The molecule has 1 aromatic carbocycles. The third-order valence-electron chi connectivity index (χ3n) is 4.17. The van der Waals surface area contributed by atoms with Crippen LogP contribution in [0.2, 0.25) is 0 Å². The van der Waals surface area contributed by atoms with Gasteiger partial charge in [-0.1, -0.05) is 0 Å². The van der Waals surface area contributed by atoms with Crippen molar-refractivity contribution in [1.82, 2.24) is 9.97 Å². The van der Waals surface area contributed by atoms with Crippen LogP contribution in [0.3, 0.4) is 0 Å². The van der Waals surface area contributed by atoms with Crippen molar-refractivity contribution in [1.29, 1.82) is 5.26 Å². The molecule has 0 spiro atoms. The Labute approximate surface area is 143 Å². The number of aryl methyl sites for hydroxylation is 1. The highest BCUT2D eigenvalue weighted by atomic mass is 32.2. The van der Waals surface area contributed by atoms with E-state index in [1.165, 1.54) is 24.7 Å². The van der Waals surface area contributed by atoms with Crippen LogP contribution < -0.4 is 5.32 Å². The molecule has 25 heavy (non-hydrogen) atoms. The van der Waals surface area contributed by atoms with Crippen molar-refractivity contribution in [2.24, 2.45) is 0 Å². The molecular formula is C17H12N4O3S. The number of sulfone groups is 1. The SMILES string of the molecule is N#Cc1cnc2ccc3c(c2c1Nc1cncc(O)c1)CCS3(=O)=O. The summed E-state index contributed by atoms with van der Waals surface area (Å²) in [5.74, 6) is 0.0282. The van der Waals surface area contributed by atoms with E-state index in [-0.39, 0.29) is 22.0 Å². The second-order valence-corrected chi connectivity index (χ2v) is 7.80. The van der Waals surface area contributed by atoms with Gasteiger partial charge in [0.15, 0.2) is 9.84 Å². The van der Waals surface area contributed by atoms with Gasteiger partial charge in [0.1, 0.15) is 11.8 Å². The number of aromatic hydroxyl groups is 1. The zero-order valence-electron chi connectivity index (χ0n) is 12.9. The third kappa shape index (κ3) is 2.45. The number of nitriles is 1. The molecule has 8 heteroatoms. The van der Waals surface area contributed by atoms with Crippen molar-refractivity contribution in [3.8, 4) is 11.8 Å². The van der Waals surface area contributed by atoms with Gasteiger partial charge in [-0.15, -0.1) is 0 Å². The number of anilines is 2. The maximum atomic E-state index is 12.2. The Morgan fingerprint density at radius 3 is 2.84 bits per heavy atom. The molecule has 2 aromatic heterocycles. The van der Waals surface area contributed by atoms with E-state index in [1.54, 1.807) is 12.1 Å². The Morgan fingerprint density at radius 2 is 2.08 bits per heavy atom. The molecule has 124 valence electrons. The van der Waals surface area contributed by atoms with Gasteiger partial charge in [0, 0.05) is 17.6 Å². The summed E-state index contributed by atoms with van der Waals surface area (Å²) >= 11 is 0. The van der Waals surface area contributed by atoms with E-state index in [0.717, 1.165) is 0 Å². The molecule has 3 heterocycles. The summed E-state index contributed by atoms with van der Waals surface area (Å²) in [7, 11) is -3.30. The Morgan fingerprint density at radius 1 is 1.24 bits per heavy atom. The minimum atomic E-state index is -3.30. The fraction of sp³-hybridized carbons (Fsp3) is 0.118. The number of nitrogens with one attached hydrogen (secondary N) is 1. The molecule has 0 aliphatic carbocycles. The molecule has 2 N–H and O–H groups in total. The number of fused-ring (bicyclic) bond motifs is 3. The number of nitrogens with zero attached hydrogens (tertiary/aromatic N) is 3. The molecule has 3 aromatic rings. The summed E-state index contributed by atoms with van der Waals surface area (Å²) in [6.45, 7) is 0. The van der Waals surface area contributed by atoms with Gasteiger partial charge < -0.3 is 10.4 Å². The van der Waals surface area contributed by atoms with Crippen molar-refractivity contribution >= 4 is 32.1 Å². The molecule has 0 bridgehead atoms. The Balaban J connectivity index is 2.02. The normalized spacial score (nSPS) is 14.8. The van der Waals surface area contributed by atoms with Crippen LogP contribution in [0.1, 0.15) is 11.1 Å². The van der Waals surface area contributed by atoms with Crippen LogP contribution in [0.25, 0.3) is 10.9 Å². The molecule has 0 saturated carbocycles. The fourth-order valence-electron chi connectivity index (χ4n) is 3.08. The summed E-state index contributed by atoms with van der Waals surface area (Å²) in [5, 5.41) is 22.7. The standard InChI is InChI=1S/C17H12N4O3S/c18-6-10-7-20-14-1-2-15-13(3-4-25(15,23)24)16(14)17(10)21-11-5-12(22)9-19-8-11/h1-2,5,7-9,22H,3-4H2,(H,20,21). The molecule has 0 radical (unpaired) electrons. The molecule has 0 fully saturated rings. The van der Waals surface area contributed by atoms with Crippen LogP contribution in [0.15, 0.2) is 41.7 Å². The van der Waals surface area contributed by atoms with Crippen molar-refractivity contribution in [3.05, 3.63) is 47.9 Å². The van der Waals surface area contributed by atoms with Crippen molar-refractivity contribution in [3.63, 3.8) is 0 Å². The predicted octanol–water partition coefficient (Wildman–Crippen LogP) is 2.28. The Kier molecular flexibility index (Phi) is 3.33. The van der Waals surface area contributed by atoms with Gasteiger partial charge in [-0.2, -0.15) is 5.26 Å². The Hall–Kier alpha value is -3.18. The predicted molar refractivity (Wildman–Crippen MR) is 91.4 cm³/mol. The number of hydrogen-bond donors (Lipinski definition) is 2. The number of benzene rings is 1. The van der Waals surface area contributed by atoms with Crippen LogP contribution in [0.4, 0.5) is 11.4 Å². The lowest BCUT2D eigenvalue weighted by molar-refractivity contribution is 0.473. The van der Waals surface area contributed by atoms with Crippen molar-refractivity contribution in [2.45, 2.75) is 11.3 Å². The maximum Gasteiger partial charge on any atom is 0.179 e. The van der Waals surface area contributed by atoms with Crippen molar-refractivity contribution in [2.75, 3.05) is 11.1 Å². The van der Waals surface area contributed by atoms with E-state index in [4.69, 9.17) is 0 Å². The van der Waals surface area contributed by atoms with Gasteiger partial charge in [0.2, 0.25) is 0 Å². The van der Waals surface area contributed by atoms with Gasteiger partial charge in [0.25, 0.3) is 0 Å². The molecule has 1 aliphatic rings. The zero-order valence-corrected chi connectivity index (χ0v) is 13.7. The molecule has 0 atom stereocenters. The van der Waals surface area contributed by atoms with E-state index in [2.05, 4.69) is 21.4 Å². The van der Waals surface area contributed by atoms with Crippen LogP contribution in [0.5, 0.6) is 5.75 Å². The lowest BCUT2D eigenvalue weighted by Crippen LogP contribution is -2.00. The number of pyridine rings is 2. The van der Waals surface area contributed by atoms with Crippen LogP contribution in [-0.4, -0.2) is 29.2 Å². The van der Waals surface area contributed by atoms with E-state index >= 15 is 0 Å². The quantitative estimate of drug-likeness (QED) is 0.727. The van der Waals surface area contributed by atoms with Gasteiger partial charge in [-0.3, -0.25) is 9.97 Å². The second-order valence-electron chi connectivity index (χ2n) is 5.72. The average Bonchev–Trinajstić information content (AvgIpc) is 2.90. The molecular weight excluding hydrogens is 340 g/mol. The topological polar surface area (TPSA) is 116 Å². The molecule has 4 rings (SSSR count). The first kappa shape index (κ1) is 15.4. The number of rotatable bonds is 2. The first-order valence-corrected chi connectivity index (χ1v) is 9.13. The summed E-state index contributed by atoms with van der Waals surface area (Å²) in [4.78, 5) is 8.47. The molecule has 0 saturated heterocycles. The maximum absolute atomic E-state index is 12.2. The largest absolute Gasteiger partial charge is 0.506 e. The zero-order chi connectivity index (χ0) is 17.6. The fourth-order valence-corrected chi connectivity index (χ4v) is 4.62. The molecule has 0 unspecified atom stereocenters. The van der Waals surface area contributed by atoms with Crippen LogP contribution in [0, 0.1) is 11.3 Å². The van der Waals surface area contributed by atoms with Crippen molar-refractivity contribution < 1.29 is 13.5 Å². The third-order valence-corrected chi connectivity index (χ3v) is 5.96. The molecule has 1 aliphatic heterocycles. The number of aromatic nitrogens is 2. The first-order chi connectivity index (χ1) is 12.0. The summed E-state index contributed by atoms with van der Waals surface area (Å²) in [6, 6.07) is 6.76. The van der Waals surface area contributed by atoms with Crippen LogP contribution in [-0.2, 0) is 16.3 Å². The summed E-state index contributed by atoms with van der Waals surface area (Å²) in [6.07, 6.45) is 4.62. The molecule has 0 amide bonds. The highest BCUT2D eigenvalue weighted by molar-refractivity contribution is 7.91. The monoisotopic (exact) mass is 352 g/mol. The average molecular weight is 352 g/mol. The number of hydrogen-bond acceptors (Lipinski definition) is 7. The lowest BCUT2D eigenvalue weighted by Gasteiger charge is -2.14. The first-order valence-electron chi connectivity index (χ1n) is 7.48. The summed E-state index contributed by atoms with van der Waals surface area (Å²) < 4.78 is 24.4. The Bertz CT molecular complexity index is 1170. The highest BCUT2D eigenvalue weighted by Gasteiger charge is 2.29. The van der Waals surface area contributed by atoms with Gasteiger partial charge in [-0.05, 0) is 24.1 Å². The minimum Gasteiger partial charge on any atom is -0.506 e. The van der Waals surface area contributed by atoms with E-state index in [1.807, 2.05) is 0 Å². The van der Waals surface area contributed by atoms with Crippen LogP contribution >= 0.6 is 0 Å². The highest BCUT2D eigenvalue weighted by Crippen LogP contribution is 2.38. The molecule has 7 nitrogen and oxygen atoms in total. The van der Waals surface area contributed by atoms with E-state index in [0.29, 0.717) is 34.3 Å². The smallest absolute Gasteiger partial charge is 0.179 e. The van der Waals surface area contributed by atoms with E-state index in [9.17, 15) is 18.8 Å². The van der Waals surface area contributed by atoms with Gasteiger partial charge in [0.05, 0.1) is 45.5 Å². The minimum absolute atomic E-state index is 0.0188. The second kappa shape index (κ2) is 5.43.